The fourth-order valence-electron chi connectivity index (χ4n) is 1.83. The lowest BCUT2D eigenvalue weighted by Crippen LogP contribution is -2.12. The van der Waals surface area contributed by atoms with Gasteiger partial charge in [0.05, 0.1) is 6.10 Å². The van der Waals surface area contributed by atoms with Crippen molar-refractivity contribution in [3.63, 3.8) is 0 Å². The molecule has 14 heavy (non-hydrogen) atoms. The normalized spacial score (nSPS) is 17.3. The van der Waals surface area contributed by atoms with Gasteiger partial charge in [-0.2, -0.15) is 0 Å². The molecule has 0 atom stereocenters. The van der Waals surface area contributed by atoms with Gasteiger partial charge in [-0.1, -0.05) is 11.6 Å². The first-order valence-electron chi connectivity index (χ1n) is 5.05. The van der Waals surface area contributed by atoms with Crippen LogP contribution in [0.15, 0.2) is 12.3 Å². The molecule has 2 rings (SSSR count). The fraction of sp³-hybridized carbons (Fsp3) is 0.545. The summed E-state index contributed by atoms with van der Waals surface area (Å²) in [4.78, 5) is 4.02. The van der Waals surface area contributed by atoms with Crippen molar-refractivity contribution in [2.24, 2.45) is 0 Å². The van der Waals surface area contributed by atoms with Gasteiger partial charge in [-0.15, -0.1) is 0 Å². The monoisotopic (exact) mass is 211 g/mol. The average molecular weight is 212 g/mol. The number of hydrogen-bond donors (Lipinski definition) is 0. The Kier molecular flexibility index (Phi) is 2.92. The van der Waals surface area contributed by atoms with Crippen molar-refractivity contribution in [3.8, 4) is 5.75 Å². The number of nitrogens with zero attached hydrogens (tertiary/aromatic N) is 1. The highest BCUT2D eigenvalue weighted by Crippen LogP contribution is 2.30. The molecule has 1 saturated carbocycles. The summed E-state index contributed by atoms with van der Waals surface area (Å²) in [6.07, 6.45) is 6.87. The Labute approximate surface area is 89.3 Å². The molecule has 0 aromatic carbocycles. The lowest BCUT2D eigenvalue weighted by Gasteiger charge is -2.15. The minimum Gasteiger partial charge on any atom is -0.487 e. The molecule has 0 aliphatic heterocycles. The van der Waals surface area contributed by atoms with Crippen LogP contribution in [0.2, 0.25) is 5.15 Å². The van der Waals surface area contributed by atoms with Crippen LogP contribution >= 0.6 is 11.6 Å². The minimum absolute atomic E-state index is 0.343. The number of aromatic nitrogens is 1. The quantitative estimate of drug-likeness (QED) is 0.700. The summed E-state index contributed by atoms with van der Waals surface area (Å²) in [5.41, 5.74) is 1.07. The van der Waals surface area contributed by atoms with E-state index in [-0.39, 0.29) is 0 Å². The molecule has 0 spiro atoms. The fourth-order valence-corrected chi connectivity index (χ4v) is 2.08. The van der Waals surface area contributed by atoms with Gasteiger partial charge in [-0.05, 0) is 44.2 Å². The molecule has 1 aliphatic carbocycles. The summed E-state index contributed by atoms with van der Waals surface area (Å²) in [7, 11) is 0. The van der Waals surface area contributed by atoms with Gasteiger partial charge in [0.2, 0.25) is 0 Å². The summed E-state index contributed by atoms with van der Waals surface area (Å²) < 4.78 is 5.84. The molecular weight excluding hydrogens is 198 g/mol. The minimum atomic E-state index is 0.343. The van der Waals surface area contributed by atoms with E-state index in [1.54, 1.807) is 6.20 Å². The van der Waals surface area contributed by atoms with Gasteiger partial charge in [-0.3, -0.25) is 0 Å². The van der Waals surface area contributed by atoms with E-state index in [1.807, 2.05) is 13.0 Å². The van der Waals surface area contributed by atoms with Crippen molar-refractivity contribution in [2.45, 2.75) is 38.7 Å². The smallest absolute Gasteiger partial charge is 0.171 e. The van der Waals surface area contributed by atoms with Crippen LogP contribution in [-0.4, -0.2) is 11.1 Å². The number of ether oxygens (including phenoxy) is 1. The molecule has 76 valence electrons. The van der Waals surface area contributed by atoms with Crippen LogP contribution in [0.5, 0.6) is 5.75 Å². The molecule has 3 heteroatoms. The van der Waals surface area contributed by atoms with Crippen molar-refractivity contribution >= 4 is 11.6 Å². The van der Waals surface area contributed by atoms with Gasteiger partial charge in [0.25, 0.3) is 0 Å². The summed E-state index contributed by atoms with van der Waals surface area (Å²) in [5.74, 6) is 0.765. The number of pyridine rings is 1. The molecular formula is C11H14ClNO. The lowest BCUT2D eigenvalue weighted by molar-refractivity contribution is 0.208. The summed E-state index contributed by atoms with van der Waals surface area (Å²) in [6, 6.07) is 1.93. The largest absolute Gasteiger partial charge is 0.487 e. The highest BCUT2D eigenvalue weighted by Gasteiger charge is 2.18. The molecule has 1 fully saturated rings. The Morgan fingerprint density at radius 2 is 2.14 bits per heavy atom. The number of hydrogen-bond acceptors (Lipinski definition) is 2. The van der Waals surface area contributed by atoms with Gasteiger partial charge in [0.15, 0.2) is 10.9 Å². The van der Waals surface area contributed by atoms with Crippen molar-refractivity contribution in [1.29, 1.82) is 0 Å². The van der Waals surface area contributed by atoms with Crippen LogP contribution in [0.4, 0.5) is 0 Å². The SMILES string of the molecule is Cc1ccnc(Cl)c1OC1CCCC1. The maximum Gasteiger partial charge on any atom is 0.171 e. The summed E-state index contributed by atoms with van der Waals surface area (Å²) in [5, 5.41) is 0.483. The molecule has 2 nitrogen and oxygen atoms in total. The van der Waals surface area contributed by atoms with Gasteiger partial charge in [0.1, 0.15) is 0 Å². The Balaban J connectivity index is 2.14. The number of halogens is 1. The zero-order valence-electron chi connectivity index (χ0n) is 8.29. The van der Waals surface area contributed by atoms with E-state index < -0.39 is 0 Å². The molecule has 1 heterocycles. The van der Waals surface area contributed by atoms with Crippen molar-refractivity contribution in [3.05, 3.63) is 23.0 Å². The second-order valence-corrected chi connectivity index (χ2v) is 4.13. The van der Waals surface area contributed by atoms with Crippen LogP contribution in [0.1, 0.15) is 31.2 Å². The van der Waals surface area contributed by atoms with Crippen LogP contribution in [0, 0.1) is 6.92 Å². The Morgan fingerprint density at radius 3 is 2.79 bits per heavy atom. The molecule has 1 aromatic heterocycles. The predicted octanol–water partition coefficient (Wildman–Crippen LogP) is 3.36. The Morgan fingerprint density at radius 1 is 1.43 bits per heavy atom. The van der Waals surface area contributed by atoms with E-state index in [1.165, 1.54) is 12.8 Å². The zero-order valence-corrected chi connectivity index (χ0v) is 9.05. The first-order valence-corrected chi connectivity index (χ1v) is 5.43. The number of rotatable bonds is 2. The van der Waals surface area contributed by atoms with Gasteiger partial charge < -0.3 is 4.74 Å². The topological polar surface area (TPSA) is 22.1 Å². The maximum atomic E-state index is 5.97. The predicted molar refractivity (Wildman–Crippen MR) is 56.9 cm³/mol. The Bertz CT molecular complexity index is 301. The Hall–Kier alpha value is -0.760. The molecule has 1 aromatic rings. The van der Waals surface area contributed by atoms with E-state index in [2.05, 4.69) is 4.98 Å². The maximum absolute atomic E-state index is 5.97. The average Bonchev–Trinajstić information content (AvgIpc) is 2.64. The van der Waals surface area contributed by atoms with Gasteiger partial charge in [-0.25, -0.2) is 4.98 Å². The molecule has 0 N–H and O–H groups in total. The van der Waals surface area contributed by atoms with Crippen molar-refractivity contribution < 1.29 is 4.74 Å². The van der Waals surface area contributed by atoms with E-state index in [9.17, 15) is 0 Å². The molecule has 0 radical (unpaired) electrons. The molecule has 0 amide bonds. The molecule has 0 saturated heterocycles. The molecule has 1 aliphatic rings. The van der Waals surface area contributed by atoms with E-state index >= 15 is 0 Å². The van der Waals surface area contributed by atoms with Gasteiger partial charge in [0, 0.05) is 6.20 Å². The third kappa shape index (κ3) is 2.01. The standard InChI is InChI=1S/C11H14ClNO/c1-8-6-7-13-11(12)10(8)14-9-4-2-3-5-9/h6-7,9H,2-5H2,1H3. The second kappa shape index (κ2) is 4.18. The van der Waals surface area contributed by atoms with E-state index in [0.29, 0.717) is 11.3 Å². The zero-order chi connectivity index (χ0) is 9.97. The van der Waals surface area contributed by atoms with Gasteiger partial charge >= 0.3 is 0 Å². The third-order valence-electron chi connectivity index (χ3n) is 2.64. The van der Waals surface area contributed by atoms with Crippen molar-refractivity contribution in [1.82, 2.24) is 4.98 Å². The van der Waals surface area contributed by atoms with Crippen LogP contribution in [0.3, 0.4) is 0 Å². The first-order chi connectivity index (χ1) is 6.77. The summed E-state index contributed by atoms with van der Waals surface area (Å²) in [6.45, 7) is 2.00. The third-order valence-corrected chi connectivity index (χ3v) is 2.91. The second-order valence-electron chi connectivity index (χ2n) is 3.77. The van der Waals surface area contributed by atoms with Crippen LogP contribution in [0.25, 0.3) is 0 Å². The number of aryl methyl sites for hydroxylation is 1. The van der Waals surface area contributed by atoms with Crippen LogP contribution < -0.4 is 4.74 Å². The highest BCUT2D eigenvalue weighted by molar-refractivity contribution is 6.30. The van der Waals surface area contributed by atoms with Crippen LogP contribution in [-0.2, 0) is 0 Å². The highest BCUT2D eigenvalue weighted by atomic mass is 35.5. The first kappa shape index (κ1) is 9.78. The molecule has 0 bridgehead atoms. The molecule has 0 unspecified atom stereocenters. The lowest BCUT2D eigenvalue weighted by atomic mass is 10.2. The van der Waals surface area contributed by atoms with E-state index in [0.717, 1.165) is 24.2 Å². The summed E-state index contributed by atoms with van der Waals surface area (Å²) >= 11 is 5.97. The van der Waals surface area contributed by atoms with Crippen molar-refractivity contribution in [2.75, 3.05) is 0 Å². The van der Waals surface area contributed by atoms with E-state index in [4.69, 9.17) is 16.3 Å².